The molecule has 1 aliphatic heterocycles. The van der Waals surface area contributed by atoms with Crippen LogP contribution in [0.15, 0.2) is 16.6 Å². The van der Waals surface area contributed by atoms with Crippen molar-refractivity contribution >= 4 is 34.4 Å². The summed E-state index contributed by atoms with van der Waals surface area (Å²) in [6, 6.07) is 3.51. The second-order valence-corrected chi connectivity index (χ2v) is 6.66. The Morgan fingerprint density at radius 1 is 1.21 bits per heavy atom. The molecule has 19 heavy (non-hydrogen) atoms. The molecule has 1 fully saturated rings. The highest BCUT2D eigenvalue weighted by atomic mass is 79.9. The lowest BCUT2D eigenvalue weighted by Crippen LogP contribution is -2.41. The average molecular weight is 326 g/mol. The fraction of sp³-hybridized carbons (Fsp3) is 0.538. The van der Waals surface area contributed by atoms with Gasteiger partial charge in [0.25, 0.3) is 0 Å². The number of aromatic nitrogens is 1. The molecule has 2 rings (SSSR count). The number of hydrogen-bond donors (Lipinski definition) is 0. The van der Waals surface area contributed by atoms with E-state index in [2.05, 4.69) is 20.9 Å². The van der Waals surface area contributed by atoms with E-state index in [1.165, 1.54) is 6.92 Å². The van der Waals surface area contributed by atoms with Crippen molar-refractivity contribution in [3.63, 3.8) is 0 Å². The summed E-state index contributed by atoms with van der Waals surface area (Å²) in [6.45, 7) is 9.42. The molecule has 1 aromatic heterocycles. The summed E-state index contributed by atoms with van der Waals surface area (Å²) in [5.74, 6) is -0.0842. The van der Waals surface area contributed by atoms with Crippen molar-refractivity contribution in [2.24, 2.45) is 0 Å². The van der Waals surface area contributed by atoms with Gasteiger partial charge in [0.15, 0.2) is 5.78 Å². The minimum atomic E-state index is -0.555. The molecular weight excluding hydrogens is 309 g/mol. The average Bonchev–Trinajstić information content (AvgIpc) is 2.47. The highest BCUT2D eigenvalue weighted by Gasteiger charge is 2.52. The van der Waals surface area contributed by atoms with Crippen LogP contribution in [-0.2, 0) is 9.31 Å². The highest BCUT2D eigenvalue weighted by Crippen LogP contribution is 2.36. The molecule has 0 saturated carbocycles. The van der Waals surface area contributed by atoms with Crippen LogP contribution in [0.4, 0.5) is 0 Å². The summed E-state index contributed by atoms with van der Waals surface area (Å²) in [7, 11) is -0.555. The van der Waals surface area contributed by atoms with Gasteiger partial charge < -0.3 is 9.31 Å². The first-order valence-corrected chi connectivity index (χ1v) is 6.96. The SMILES string of the molecule is CC(=O)c1cc(Br)cc(B2OC(C)(C)C(C)(C)O2)n1. The van der Waals surface area contributed by atoms with Gasteiger partial charge in [0.2, 0.25) is 0 Å². The molecule has 0 aliphatic carbocycles. The second kappa shape index (κ2) is 4.68. The molecule has 0 unspecified atom stereocenters. The number of rotatable bonds is 2. The Morgan fingerprint density at radius 3 is 2.21 bits per heavy atom. The Bertz CT molecular complexity index is 515. The van der Waals surface area contributed by atoms with Crippen molar-refractivity contribution < 1.29 is 14.1 Å². The number of hydrogen-bond acceptors (Lipinski definition) is 4. The van der Waals surface area contributed by atoms with Crippen LogP contribution in [0.25, 0.3) is 0 Å². The first kappa shape index (κ1) is 14.7. The van der Waals surface area contributed by atoms with Crippen LogP contribution >= 0.6 is 15.9 Å². The third-order valence-electron chi connectivity index (χ3n) is 3.67. The van der Waals surface area contributed by atoms with E-state index in [9.17, 15) is 4.79 Å². The minimum absolute atomic E-state index is 0.0842. The lowest BCUT2D eigenvalue weighted by Gasteiger charge is -2.32. The number of carbonyl (C=O) groups is 1. The van der Waals surface area contributed by atoms with Crippen LogP contribution in [0, 0.1) is 0 Å². The lowest BCUT2D eigenvalue weighted by atomic mass is 9.84. The second-order valence-electron chi connectivity index (χ2n) is 5.74. The number of carbonyl (C=O) groups excluding carboxylic acids is 1. The Balaban J connectivity index is 2.37. The minimum Gasteiger partial charge on any atom is -0.398 e. The summed E-state index contributed by atoms with van der Waals surface area (Å²) in [5.41, 5.74) is 0.174. The van der Waals surface area contributed by atoms with Gasteiger partial charge in [-0.2, -0.15) is 0 Å². The zero-order chi connectivity index (χ0) is 14.4. The van der Waals surface area contributed by atoms with Crippen molar-refractivity contribution in [1.29, 1.82) is 0 Å². The van der Waals surface area contributed by atoms with Gasteiger partial charge in [-0.05, 0) is 39.8 Å². The summed E-state index contributed by atoms with van der Waals surface area (Å²) >= 11 is 3.38. The molecule has 0 radical (unpaired) electrons. The maximum atomic E-state index is 11.5. The standard InChI is InChI=1S/C13H17BBrNO3/c1-8(17)10-6-9(15)7-11(16-10)14-18-12(2,3)13(4,5)19-14/h6-7H,1-5H3. The summed E-state index contributed by atoms with van der Waals surface area (Å²) in [5, 5.41) is 0. The van der Waals surface area contributed by atoms with Crippen LogP contribution in [0.2, 0.25) is 0 Å². The molecule has 0 atom stereocenters. The normalized spacial score (nSPS) is 20.6. The maximum Gasteiger partial charge on any atom is 0.514 e. The van der Waals surface area contributed by atoms with E-state index in [1.807, 2.05) is 33.8 Å². The molecule has 0 aromatic carbocycles. The molecule has 0 spiro atoms. The van der Waals surface area contributed by atoms with E-state index in [0.717, 1.165) is 4.47 Å². The molecule has 0 N–H and O–H groups in total. The van der Waals surface area contributed by atoms with Gasteiger partial charge in [-0.1, -0.05) is 15.9 Å². The Kier molecular flexibility index (Phi) is 3.62. The number of pyridine rings is 1. The zero-order valence-electron chi connectivity index (χ0n) is 11.8. The van der Waals surface area contributed by atoms with E-state index in [0.29, 0.717) is 11.3 Å². The summed E-state index contributed by atoms with van der Waals surface area (Å²) < 4.78 is 12.6. The van der Waals surface area contributed by atoms with Gasteiger partial charge in [-0.25, -0.2) is 0 Å². The van der Waals surface area contributed by atoms with Crippen LogP contribution in [0.1, 0.15) is 45.1 Å². The summed E-state index contributed by atoms with van der Waals surface area (Å²) in [6.07, 6.45) is 0. The van der Waals surface area contributed by atoms with E-state index >= 15 is 0 Å². The quantitative estimate of drug-likeness (QED) is 0.618. The predicted octanol–water partition coefficient (Wildman–Crippen LogP) is 2.35. The molecule has 4 nitrogen and oxygen atoms in total. The van der Waals surface area contributed by atoms with Crippen LogP contribution in [-0.4, -0.2) is 29.1 Å². The Morgan fingerprint density at radius 2 is 1.74 bits per heavy atom. The largest absolute Gasteiger partial charge is 0.514 e. The fourth-order valence-corrected chi connectivity index (χ4v) is 2.23. The van der Waals surface area contributed by atoms with Crippen LogP contribution in [0.3, 0.4) is 0 Å². The van der Waals surface area contributed by atoms with Crippen LogP contribution in [0.5, 0.6) is 0 Å². The van der Waals surface area contributed by atoms with E-state index in [1.54, 1.807) is 6.07 Å². The summed E-state index contributed by atoms with van der Waals surface area (Å²) in [4.78, 5) is 15.8. The molecular formula is C13H17BBrNO3. The topological polar surface area (TPSA) is 48.4 Å². The maximum absolute atomic E-state index is 11.5. The molecule has 1 saturated heterocycles. The van der Waals surface area contributed by atoms with Gasteiger partial charge in [0.05, 0.1) is 16.8 Å². The molecule has 102 valence electrons. The van der Waals surface area contributed by atoms with Crippen molar-refractivity contribution in [1.82, 2.24) is 4.98 Å². The monoisotopic (exact) mass is 325 g/mol. The van der Waals surface area contributed by atoms with Crippen molar-refractivity contribution in [3.8, 4) is 0 Å². The Hall–Kier alpha value is -0.715. The molecule has 2 heterocycles. The van der Waals surface area contributed by atoms with Gasteiger partial charge >= 0.3 is 7.12 Å². The molecule has 0 bridgehead atoms. The zero-order valence-corrected chi connectivity index (χ0v) is 13.4. The number of nitrogens with zero attached hydrogens (tertiary/aromatic N) is 1. The van der Waals surface area contributed by atoms with Gasteiger partial charge in [-0.3, -0.25) is 9.78 Å². The smallest absolute Gasteiger partial charge is 0.398 e. The Labute approximate surface area is 122 Å². The first-order chi connectivity index (χ1) is 8.62. The molecule has 0 amide bonds. The van der Waals surface area contributed by atoms with Crippen LogP contribution < -0.4 is 5.59 Å². The predicted molar refractivity (Wildman–Crippen MR) is 77.7 cm³/mol. The molecule has 1 aromatic rings. The lowest BCUT2D eigenvalue weighted by molar-refractivity contribution is 0.00578. The van der Waals surface area contributed by atoms with E-state index in [4.69, 9.17) is 9.31 Å². The molecule has 1 aliphatic rings. The fourth-order valence-electron chi connectivity index (χ4n) is 1.78. The van der Waals surface area contributed by atoms with Crippen molar-refractivity contribution in [2.75, 3.05) is 0 Å². The highest BCUT2D eigenvalue weighted by molar-refractivity contribution is 9.10. The number of halogens is 1. The molecule has 6 heteroatoms. The van der Waals surface area contributed by atoms with E-state index < -0.39 is 18.3 Å². The first-order valence-electron chi connectivity index (χ1n) is 6.16. The van der Waals surface area contributed by atoms with Gasteiger partial charge in [-0.15, -0.1) is 0 Å². The van der Waals surface area contributed by atoms with Crippen molar-refractivity contribution in [2.45, 2.75) is 45.8 Å². The number of ketones is 1. The third-order valence-corrected chi connectivity index (χ3v) is 4.12. The van der Waals surface area contributed by atoms with Crippen molar-refractivity contribution in [3.05, 3.63) is 22.3 Å². The number of Topliss-reactive ketones (excluding diaryl/α,β-unsaturated/α-hetero) is 1. The van der Waals surface area contributed by atoms with E-state index in [-0.39, 0.29) is 5.78 Å². The van der Waals surface area contributed by atoms with Gasteiger partial charge in [0, 0.05) is 11.4 Å². The third kappa shape index (κ3) is 2.76. The van der Waals surface area contributed by atoms with Gasteiger partial charge in [0.1, 0.15) is 5.69 Å².